The molecule has 0 amide bonds. The number of hydrogen-bond donors (Lipinski definition) is 0. The highest BCUT2D eigenvalue weighted by Gasteiger charge is 2.46. The summed E-state index contributed by atoms with van der Waals surface area (Å²) in [6.45, 7) is 11.8. The summed E-state index contributed by atoms with van der Waals surface area (Å²) in [6, 6.07) is 25.8. The number of fused-ring (bicyclic) bond motifs is 2. The van der Waals surface area contributed by atoms with Crippen LogP contribution in [-0.4, -0.2) is 48.3 Å². The van der Waals surface area contributed by atoms with Gasteiger partial charge in [0.05, 0.1) is 48.6 Å². The number of methoxy groups -OCH3 is 2. The number of carbonyl (C=O) groups excluding carboxylic acids is 2. The first kappa shape index (κ1) is 44.0. The number of pyridine rings is 2. The maximum absolute atomic E-state index is 13.5. The van der Waals surface area contributed by atoms with Gasteiger partial charge in [-0.3, -0.25) is 19.6 Å². The van der Waals surface area contributed by atoms with Crippen LogP contribution < -0.4 is 28.4 Å². The lowest BCUT2D eigenvalue weighted by molar-refractivity contribution is -0.175. The summed E-state index contributed by atoms with van der Waals surface area (Å²) < 4.78 is 46.9. The summed E-state index contributed by atoms with van der Waals surface area (Å²) in [7, 11) is 3.25. The zero-order valence-electron chi connectivity index (χ0n) is 36.1. The van der Waals surface area contributed by atoms with Gasteiger partial charge in [-0.15, -0.1) is 0 Å². The summed E-state index contributed by atoms with van der Waals surface area (Å²) in [4.78, 5) is 36.2. The third kappa shape index (κ3) is 10.6. The number of rotatable bonds is 20. The molecule has 0 N–H and O–H groups in total. The Balaban J connectivity index is 1.02. The number of carbonyl (C=O) groups is 2. The molecule has 0 aliphatic rings. The fourth-order valence-corrected chi connectivity index (χ4v) is 6.76. The normalized spacial score (nSPS) is 11.4. The summed E-state index contributed by atoms with van der Waals surface area (Å²) >= 11 is 0. The SMILES string of the molecule is CCC(CC)(C(=O)OCc1ccc(OCc2cnc3ccc(OC)cc3c2OC(C)C)cc1)C(=O)OCc1ccc(OCc2cnc3ccc(OC)cc3c2OC(C)C)cc1. The highest BCUT2D eigenvalue weighted by molar-refractivity contribution is 6.00. The van der Waals surface area contributed by atoms with E-state index in [0.29, 0.717) is 34.5 Å². The minimum Gasteiger partial charge on any atom is -0.497 e. The number of nitrogens with zero attached hydrogens (tertiary/aromatic N) is 2. The van der Waals surface area contributed by atoms with Crippen LogP contribution in [0.3, 0.4) is 0 Å². The Hall–Kier alpha value is -6.56. The van der Waals surface area contributed by atoms with Gasteiger partial charge in [0.2, 0.25) is 0 Å². The molecule has 0 saturated heterocycles. The minimum atomic E-state index is -1.45. The van der Waals surface area contributed by atoms with Gasteiger partial charge in [0.25, 0.3) is 0 Å². The second-order valence-electron chi connectivity index (χ2n) is 15.1. The number of aromatic nitrogens is 2. The molecule has 320 valence electrons. The van der Waals surface area contributed by atoms with Crippen molar-refractivity contribution in [2.24, 2.45) is 5.41 Å². The van der Waals surface area contributed by atoms with E-state index < -0.39 is 17.4 Å². The zero-order valence-corrected chi connectivity index (χ0v) is 36.1. The van der Waals surface area contributed by atoms with Crippen molar-refractivity contribution in [1.82, 2.24) is 9.97 Å². The lowest BCUT2D eigenvalue weighted by Crippen LogP contribution is -2.41. The van der Waals surface area contributed by atoms with E-state index >= 15 is 0 Å². The van der Waals surface area contributed by atoms with Crippen molar-refractivity contribution in [3.05, 3.63) is 120 Å². The van der Waals surface area contributed by atoms with Gasteiger partial charge in [-0.2, -0.15) is 0 Å². The van der Waals surface area contributed by atoms with Crippen molar-refractivity contribution in [2.45, 2.75) is 93.0 Å². The van der Waals surface area contributed by atoms with Crippen LogP contribution in [0.25, 0.3) is 21.8 Å². The Morgan fingerprint density at radius 2 is 0.918 bits per heavy atom. The van der Waals surface area contributed by atoms with Crippen molar-refractivity contribution < 1.29 is 47.5 Å². The number of ether oxygens (including phenoxy) is 8. The van der Waals surface area contributed by atoms with Gasteiger partial charge in [-0.05, 0) is 112 Å². The van der Waals surface area contributed by atoms with Gasteiger partial charge < -0.3 is 37.9 Å². The first-order valence-corrected chi connectivity index (χ1v) is 20.5. The number of hydrogen-bond acceptors (Lipinski definition) is 12. The van der Waals surface area contributed by atoms with Crippen molar-refractivity contribution in [2.75, 3.05) is 14.2 Å². The fraction of sp³-hybridized carbons (Fsp3) is 0.347. The van der Waals surface area contributed by atoms with Crippen molar-refractivity contribution in [3.63, 3.8) is 0 Å². The second kappa shape index (κ2) is 20.1. The van der Waals surface area contributed by atoms with Gasteiger partial charge in [-0.25, -0.2) is 0 Å². The van der Waals surface area contributed by atoms with E-state index in [9.17, 15) is 9.59 Å². The van der Waals surface area contributed by atoms with E-state index in [-0.39, 0.29) is 51.5 Å². The van der Waals surface area contributed by atoms with Gasteiger partial charge in [0.15, 0.2) is 5.41 Å². The third-order valence-corrected chi connectivity index (χ3v) is 10.3. The Labute approximate surface area is 357 Å². The Bertz CT molecular complexity index is 2260. The fourth-order valence-electron chi connectivity index (χ4n) is 6.76. The highest BCUT2D eigenvalue weighted by Crippen LogP contribution is 2.35. The van der Waals surface area contributed by atoms with E-state index in [0.717, 1.165) is 44.1 Å². The lowest BCUT2D eigenvalue weighted by Gasteiger charge is -2.27. The average molecular weight is 831 g/mol. The topological polar surface area (TPSA) is 134 Å². The number of esters is 2. The molecule has 0 radical (unpaired) electrons. The molecule has 0 saturated carbocycles. The van der Waals surface area contributed by atoms with Crippen LogP contribution in [0.4, 0.5) is 0 Å². The van der Waals surface area contributed by atoms with Crippen LogP contribution in [0.1, 0.15) is 76.6 Å². The van der Waals surface area contributed by atoms with Crippen LogP contribution in [0.5, 0.6) is 34.5 Å². The molecule has 61 heavy (non-hydrogen) atoms. The Kier molecular flexibility index (Phi) is 14.5. The van der Waals surface area contributed by atoms with E-state index in [1.807, 2.05) is 88.4 Å². The molecule has 0 fully saturated rings. The Morgan fingerprint density at radius 3 is 1.26 bits per heavy atom. The molecule has 0 bridgehead atoms. The summed E-state index contributed by atoms with van der Waals surface area (Å²) in [6.07, 6.45) is 3.84. The second-order valence-corrected chi connectivity index (χ2v) is 15.1. The predicted octanol–water partition coefficient (Wildman–Crippen LogP) is 10.1. The summed E-state index contributed by atoms with van der Waals surface area (Å²) in [5.41, 5.74) is 3.19. The van der Waals surface area contributed by atoms with Crippen LogP contribution in [0, 0.1) is 5.41 Å². The maximum atomic E-state index is 13.5. The highest BCUT2D eigenvalue weighted by atomic mass is 16.6. The van der Waals surface area contributed by atoms with Gasteiger partial charge >= 0.3 is 11.9 Å². The largest absolute Gasteiger partial charge is 0.497 e. The summed E-state index contributed by atoms with van der Waals surface area (Å²) in [5.74, 6) is 2.77. The average Bonchev–Trinajstić information content (AvgIpc) is 3.27. The van der Waals surface area contributed by atoms with Crippen LogP contribution >= 0.6 is 0 Å². The van der Waals surface area contributed by atoms with Crippen LogP contribution in [0.2, 0.25) is 0 Å². The predicted molar refractivity (Wildman–Crippen MR) is 232 cm³/mol. The number of benzene rings is 4. The molecule has 12 nitrogen and oxygen atoms in total. The standard InChI is InChI=1S/C49H54N2O10/c1-9-49(10-2,47(52)58-27-33-11-15-37(16-12-33)56-29-35-25-50-43-21-19-39(54-7)23-41(43)45(35)60-31(3)4)48(53)59-28-34-13-17-38(18-14-34)57-30-36-26-51-44-22-20-40(55-8)24-42(44)46(36)61-32(5)6/h11-26,31-32H,9-10,27-30H2,1-8H3. The first-order valence-electron chi connectivity index (χ1n) is 20.5. The van der Waals surface area contributed by atoms with E-state index in [1.165, 1.54) is 0 Å². The van der Waals surface area contributed by atoms with Crippen LogP contribution in [0.15, 0.2) is 97.3 Å². The first-order chi connectivity index (χ1) is 29.5. The summed E-state index contributed by atoms with van der Waals surface area (Å²) in [5, 5.41) is 1.68. The van der Waals surface area contributed by atoms with Crippen molar-refractivity contribution >= 4 is 33.7 Å². The molecule has 6 rings (SSSR count). The zero-order chi connectivity index (χ0) is 43.5. The van der Waals surface area contributed by atoms with Crippen LogP contribution in [-0.2, 0) is 45.5 Å². The molecule has 0 atom stereocenters. The molecule has 6 aromatic rings. The van der Waals surface area contributed by atoms with Gasteiger partial charge in [0, 0.05) is 23.2 Å². The van der Waals surface area contributed by atoms with E-state index in [2.05, 4.69) is 9.97 Å². The molecule has 2 aromatic heterocycles. The molecule has 4 aromatic carbocycles. The third-order valence-electron chi connectivity index (χ3n) is 10.3. The molecule has 0 spiro atoms. The van der Waals surface area contributed by atoms with Gasteiger partial charge in [0.1, 0.15) is 60.9 Å². The maximum Gasteiger partial charge on any atom is 0.323 e. The molecule has 2 heterocycles. The van der Waals surface area contributed by atoms with E-state index in [1.54, 1.807) is 64.7 Å². The van der Waals surface area contributed by atoms with E-state index in [4.69, 9.17) is 37.9 Å². The molecular formula is C49H54N2O10. The van der Waals surface area contributed by atoms with Crippen molar-refractivity contribution in [3.8, 4) is 34.5 Å². The monoisotopic (exact) mass is 830 g/mol. The molecule has 0 aliphatic carbocycles. The minimum absolute atomic E-state index is 0.0209. The smallest absolute Gasteiger partial charge is 0.323 e. The molecular weight excluding hydrogens is 777 g/mol. The molecule has 12 heteroatoms. The Morgan fingerprint density at radius 1 is 0.541 bits per heavy atom. The molecule has 0 unspecified atom stereocenters. The van der Waals surface area contributed by atoms with Crippen molar-refractivity contribution in [1.29, 1.82) is 0 Å². The molecule has 0 aliphatic heterocycles. The quantitative estimate of drug-likeness (QED) is 0.0535. The van der Waals surface area contributed by atoms with Gasteiger partial charge in [-0.1, -0.05) is 38.1 Å². The lowest BCUT2D eigenvalue weighted by atomic mass is 9.82.